The summed E-state index contributed by atoms with van der Waals surface area (Å²) in [5.74, 6) is 2.48. The molecule has 2 N–H and O–H groups in total. The summed E-state index contributed by atoms with van der Waals surface area (Å²) in [6.45, 7) is 6.87. The lowest BCUT2D eigenvalue weighted by molar-refractivity contribution is -0.131. The van der Waals surface area contributed by atoms with Gasteiger partial charge >= 0.3 is 0 Å². The molecule has 4 aliphatic carbocycles. The van der Waals surface area contributed by atoms with Crippen molar-refractivity contribution in [2.24, 2.45) is 17.8 Å². The van der Waals surface area contributed by atoms with Gasteiger partial charge in [0.25, 0.3) is 0 Å². The molecule has 1 unspecified atom stereocenters. The van der Waals surface area contributed by atoms with E-state index < -0.39 is 0 Å². The molecule has 1 saturated heterocycles. The highest BCUT2D eigenvalue weighted by Gasteiger charge is 2.53. The van der Waals surface area contributed by atoms with E-state index in [4.69, 9.17) is 16.7 Å². The highest BCUT2D eigenvalue weighted by atomic mass is 35.5. The van der Waals surface area contributed by atoms with E-state index in [0.29, 0.717) is 18.0 Å². The molecule has 3 atom stereocenters. The van der Waals surface area contributed by atoms with Crippen LogP contribution < -0.4 is 5.32 Å². The number of hydrogen-bond donors (Lipinski definition) is 2. The van der Waals surface area contributed by atoms with Crippen LogP contribution in [-0.4, -0.2) is 50.4 Å². The SMILES string of the molecule is CC(C)(C)n1ccc(C2C[C@@H](C(=O)NC34CC5CC(CC(C5)C3)C4)N(CCO)[C@H]2c2cccc(Cl)c2)n1. The minimum atomic E-state index is -0.311. The third-order valence-corrected chi connectivity index (χ3v) is 9.81. The molecule has 0 radical (unpaired) electrons. The number of aliphatic hydroxyl groups is 1. The number of aromatic nitrogens is 2. The third-order valence-electron chi connectivity index (χ3n) is 9.57. The van der Waals surface area contributed by atoms with Gasteiger partial charge in [-0.25, -0.2) is 0 Å². The first-order chi connectivity index (χ1) is 17.6. The molecule has 1 aromatic heterocycles. The number of β-amino-alcohol motifs (C(OH)–C–C–N with tert-alkyl or cyclic N) is 1. The Morgan fingerprint density at radius 1 is 1.11 bits per heavy atom. The van der Waals surface area contributed by atoms with Crippen molar-refractivity contribution >= 4 is 17.5 Å². The van der Waals surface area contributed by atoms with Gasteiger partial charge in [0.1, 0.15) is 0 Å². The maximum absolute atomic E-state index is 14.1. The lowest BCUT2D eigenvalue weighted by Gasteiger charge is -2.57. The summed E-state index contributed by atoms with van der Waals surface area (Å²) in [6, 6.07) is 9.66. The molecule has 1 aliphatic heterocycles. The summed E-state index contributed by atoms with van der Waals surface area (Å²) >= 11 is 6.44. The quantitative estimate of drug-likeness (QED) is 0.540. The number of nitrogens with zero attached hydrogens (tertiary/aromatic N) is 3. The molecule has 1 aromatic carbocycles. The molecule has 1 amide bonds. The van der Waals surface area contributed by atoms with Crippen LogP contribution in [0.1, 0.15) is 88.9 Å². The highest BCUT2D eigenvalue weighted by Crippen LogP contribution is 2.56. The van der Waals surface area contributed by atoms with Crippen molar-refractivity contribution in [2.75, 3.05) is 13.2 Å². The van der Waals surface area contributed by atoms with Crippen molar-refractivity contribution in [1.29, 1.82) is 0 Å². The Morgan fingerprint density at radius 3 is 2.35 bits per heavy atom. The van der Waals surface area contributed by atoms with E-state index in [0.717, 1.165) is 48.3 Å². The van der Waals surface area contributed by atoms with E-state index in [-0.39, 0.29) is 41.6 Å². The minimum absolute atomic E-state index is 0.00135. The van der Waals surface area contributed by atoms with Crippen LogP contribution >= 0.6 is 11.6 Å². The topological polar surface area (TPSA) is 70.4 Å². The second-order valence-electron chi connectivity index (χ2n) is 13.4. The lowest BCUT2D eigenvalue weighted by atomic mass is 9.53. The van der Waals surface area contributed by atoms with Gasteiger partial charge < -0.3 is 10.4 Å². The number of hydrogen-bond acceptors (Lipinski definition) is 4. The van der Waals surface area contributed by atoms with Crippen LogP contribution in [0.2, 0.25) is 5.02 Å². The van der Waals surface area contributed by atoms with Crippen LogP contribution in [0, 0.1) is 17.8 Å². The van der Waals surface area contributed by atoms with E-state index in [9.17, 15) is 9.90 Å². The molecular weight excluding hydrogens is 484 g/mol. The number of carbonyl (C=O) groups excluding carboxylic acids is 1. The van der Waals surface area contributed by atoms with Gasteiger partial charge in [-0.15, -0.1) is 0 Å². The first kappa shape index (κ1) is 25.4. The summed E-state index contributed by atoms with van der Waals surface area (Å²) in [5, 5.41) is 19.4. The zero-order valence-corrected chi connectivity index (χ0v) is 23.1. The Kier molecular flexibility index (Phi) is 6.44. The zero-order chi connectivity index (χ0) is 25.9. The molecule has 4 bridgehead atoms. The van der Waals surface area contributed by atoms with Gasteiger partial charge in [0.2, 0.25) is 5.91 Å². The third kappa shape index (κ3) is 4.74. The van der Waals surface area contributed by atoms with Crippen LogP contribution in [0.5, 0.6) is 0 Å². The molecule has 6 nitrogen and oxygen atoms in total. The Morgan fingerprint density at radius 2 is 1.78 bits per heavy atom. The minimum Gasteiger partial charge on any atom is -0.395 e. The van der Waals surface area contributed by atoms with Crippen molar-refractivity contribution < 1.29 is 9.90 Å². The number of amides is 1. The predicted molar refractivity (Wildman–Crippen MR) is 145 cm³/mol. The molecule has 2 aromatic rings. The van der Waals surface area contributed by atoms with Gasteiger partial charge in [0.05, 0.1) is 23.9 Å². The second kappa shape index (κ2) is 9.39. The summed E-state index contributed by atoms with van der Waals surface area (Å²) in [4.78, 5) is 16.3. The number of benzene rings is 1. The number of likely N-dealkylation sites (tertiary alicyclic amines) is 1. The van der Waals surface area contributed by atoms with Gasteiger partial charge in [0, 0.05) is 35.3 Å². The van der Waals surface area contributed by atoms with Crippen molar-refractivity contribution in [3.05, 3.63) is 52.8 Å². The van der Waals surface area contributed by atoms with Gasteiger partial charge in [0.15, 0.2) is 0 Å². The van der Waals surface area contributed by atoms with Crippen LogP contribution in [-0.2, 0) is 10.3 Å². The number of nitrogens with one attached hydrogen (secondary N) is 1. The summed E-state index contributed by atoms with van der Waals surface area (Å²) in [5.41, 5.74) is 1.91. The number of halogens is 1. The zero-order valence-electron chi connectivity index (χ0n) is 22.4. The monoisotopic (exact) mass is 524 g/mol. The van der Waals surface area contributed by atoms with Crippen LogP contribution in [0.4, 0.5) is 0 Å². The van der Waals surface area contributed by atoms with Crippen LogP contribution in [0.25, 0.3) is 0 Å². The normalized spacial score (nSPS) is 35.3. The fourth-order valence-corrected chi connectivity index (χ4v) is 8.71. The van der Waals surface area contributed by atoms with E-state index in [1.807, 2.05) is 29.1 Å². The molecule has 5 aliphatic rings. The molecule has 200 valence electrons. The maximum Gasteiger partial charge on any atom is 0.237 e. The van der Waals surface area contributed by atoms with Gasteiger partial charge in [-0.05, 0) is 107 Å². The molecule has 37 heavy (non-hydrogen) atoms. The number of aliphatic hydroxyl groups excluding tert-OH is 1. The Bertz CT molecular complexity index is 1120. The van der Waals surface area contributed by atoms with Crippen molar-refractivity contribution in [2.45, 2.75) is 94.8 Å². The Labute approximate surface area is 225 Å². The predicted octanol–water partition coefficient (Wildman–Crippen LogP) is 5.27. The van der Waals surface area contributed by atoms with E-state index in [1.165, 1.54) is 19.3 Å². The summed E-state index contributed by atoms with van der Waals surface area (Å²) < 4.78 is 2.01. The average molecular weight is 525 g/mol. The van der Waals surface area contributed by atoms with Gasteiger partial charge in [-0.2, -0.15) is 5.10 Å². The largest absolute Gasteiger partial charge is 0.395 e. The fraction of sp³-hybridized carbons (Fsp3) is 0.667. The average Bonchev–Trinajstić information content (AvgIpc) is 3.43. The second-order valence-corrected chi connectivity index (χ2v) is 13.8. The van der Waals surface area contributed by atoms with Gasteiger partial charge in [-0.1, -0.05) is 23.7 Å². The molecule has 0 spiro atoms. The Balaban J connectivity index is 1.33. The van der Waals surface area contributed by atoms with E-state index in [2.05, 4.69) is 43.1 Å². The van der Waals surface area contributed by atoms with Crippen LogP contribution in [0.15, 0.2) is 36.5 Å². The maximum atomic E-state index is 14.1. The Hall–Kier alpha value is -1.89. The lowest BCUT2D eigenvalue weighted by Crippen LogP contribution is -2.62. The van der Waals surface area contributed by atoms with E-state index >= 15 is 0 Å². The summed E-state index contributed by atoms with van der Waals surface area (Å²) in [6.07, 6.45) is 10.2. The number of carbonyl (C=O) groups is 1. The molecular formula is C30H41ClN4O2. The molecule has 4 saturated carbocycles. The van der Waals surface area contributed by atoms with E-state index in [1.54, 1.807) is 0 Å². The molecule has 2 heterocycles. The number of rotatable bonds is 6. The molecule has 7 rings (SSSR count). The molecule has 5 fully saturated rings. The first-order valence-electron chi connectivity index (χ1n) is 14.1. The first-order valence-corrected chi connectivity index (χ1v) is 14.5. The highest BCUT2D eigenvalue weighted by molar-refractivity contribution is 6.30. The summed E-state index contributed by atoms with van der Waals surface area (Å²) in [7, 11) is 0. The van der Waals surface area contributed by atoms with Crippen molar-refractivity contribution in [3.63, 3.8) is 0 Å². The smallest absolute Gasteiger partial charge is 0.237 e. The standard InChI is InChI=1S/C30H41ClN4O2/c1-29(2,3)35-8-7-25(33-35)24-15-26(34(9-10-36)27(24)22-5-4-6-23(31)14-22)28(37)32-30-16-19-11-20(17-30)13-21(12-19)18-30/h4-8,14,19-21,24,26-27,36H,9-13,15-18H2,1-3H3,(H,32,37)/t19?,20?,21?,24?,26-,27-,30?/m0/s1. The van der Waals surface area contributed by atoms with Crippen molar-refractivity contribution in [3.8, 4) is 0 Å². The molecule has 7 heteroatoms. The van der Waals surface area contributed by atoms with Gasteiger partial charge in [-0.3, -0.25) is 14.4 Å². The fourth-order valence-electron chi connectivity index (χ4n) is 8.51. The van der Waals surface area contributed by atoms with Crippen molar-refractivity contribution in [1.82, 2.24) is 20.0 Å². The van der Waals surface area contributed by atoms with Crippen LogP contribution in [0.3, 0.4) is 0 Å².